The number of benzene rings is 1. The number of ether oxygens (including phenoxy) is 1. The predicted molar refractivity (Wildman–Crippen MR) is 80.4 cm³/mol. The maximum atomic E-state index is 11.4. The first-order chi connectivity index (χ1) is 9.50. The molecule has 1 atom stereocenters. The molecule has 20 heavy (non-hydrogen) atoms. The summed E-state index contributed by atoms with van der Waals surface area (Å²) in [6, 6.07) is 7.82. The summed E-state index contributed by atoms with van der Waals surface area (Å²) in [5.74, 6) is -0.319. The molecule has 4 heteroatoms. The Morgan fingerprint density at radius 3 is 2.65 bits per heavy atom. The van der Waals surface area contributed by atoms with Gasteiger partial charge in [-0.2, -0.15) is 0 Å². The number of rotatable bonds is 5. The van der Waals surface area contributed by atoms with Gasteiger partial charge in [0.25, 0.3) is 0 Å². The highest BCUT2D eigenvalue weighted by atomic mass is 16.5. The molecule has 1 amide bonds. The van der Waals surface area contributed by atoms with Crippen LogP contribution in [0.1, 0.15) is 32.3 Å². The van der Waals surface area contributed by atoms with Crippen molar-refractivity contribution in [3.8, 4) is 0 Å². The zero-order valence-electron chi connectivity index (χ0n) is 12.1. The van der Waals surface area contributed by atoms with Gasteiger partial charge in [0.05, 0.1) is 18.2 Å². The van der Waals surface area contributed by atoms with Gasteiger partial charge in [-0.1, -0.05) is 12.1 Å². The standard InChI is InChI=1S/C16H22N2O2/c1-16(2,15(17)19)12-6-8-13(9-7-12)18-11-14-5-3-4-10-20-14/h4,6-10,14,18H,3,5,11H2,1-2H3,(H2,17,19)/t14-/m0/s1. The molecule has 1 aliphatic heterocycles. The fraction of sp³-hybridized carbons (Fsp3) is 0.438. The average molecular weight is 274 g/mol. The summed E-state index contributed by atoms with van der Waals surface area (Å²) in [7, 11) is 0. The van der Waals surface area contributed by atoms with Crippen molar-refractivity contribution in [1.29, 1.82) is 0 Å². The van der Waals surface area contributed by atoms with Gasteiger partial charge in [-0.15, -0.1) is 0 Å². The van der Waals surface area contributed by atoms with Gasteiger partial charge in [-0.3, -0.25) is 4.79 Å². The minimum Gasteiger partial charge on any atom is -0.497 e. The van der Waals surface area contributed by atoms with Gasteiger partial charge in [0, 0.05) is 5.69 Å². The molecule has 108 valence electrons. The van der Waals surface area contributed by atoms with E-state index >= 15 is 0 Å². The van der Waals surface area contributed by atoms with Crippen molar-refractivity contribution in [2.45, 2.75) is 38.2 Å². The summed E-state index contributed by atoms with van der Waals surface area (Å²) in [4.78, 5) is 11.4. The Hall–Kier alpha value is -1.97. The van der Waals surface area contributed by atoms with Crippen LogP contribution in [-0.4, -0.2) is 18.6 Å². The maximum absolute atomic E-state index is 11.4. The van der Waals surface area contributed by atoms with Crippen LogP contribution in [0.25, 0.3) is 0 Å². The Labute approximate surface area is 120 Å². The van der Waals surface area contributed by atoms with E-state index in [0.29, 0.717) is 0 Å². The lowest BCUT2D eigenvalue weighted by atomic mass is 9.84. The lowest BCUT2D eigenvalue weighted by Crippen LogP contribution is -2.35. The summed E-state index contributed by atoms with van der Waals surface area (Å²) < 4.78 is 5.50. The zero-order chi connectivity index (χ0) is 14.6. The number of primary amides is 1. The number of carbonyl (C=O) groups excluding carboxylic acids is 1. The fourth-order valence-electron chi connectivity index (χ4n) is 2.11. The molecule has 1 aromatic rings. The summed E-state index contributed by atoms with van der Waals surface area (Å²) in [5.41, 5.74) is 6.72. The molecule has 0 saturated heterocycles. The van der Waals surface area contributed by atoms with E-state index in [-0.39, 0.29) is 12.0 Å². The van der Waals surface area contributed by atoms with Crippen molar-refractivity contribution >= 4 is 11.6 Å². The molecule has 0 bridgehead atoms. The predicted octanol–water partition coefficient (Wildman–Crippen LogP) is 2.55. The summed E-state index contributed by atoms with van der Waals surface area (Å²) in [6.07, 6.45) is 6.14. The molecule has 0 saturated carbocycles. The lowest BCUT2D eigenvalue weighted by Gasteiger charge is -2.22. The molecule has 1 heterocycles. The van der Waals surface area contributed by atoms with Crippen LogP contribution in [0, 0.1) is 0 Å². The largest absolute Gasteiger partial charge is 0.497 e. The van der Waals surface area contributed by atoms with Gasteiger partial charge in [0.1, 0.15) is 6.10 Å². The number of carbonyl (C=O) groups is 1. The maximum Gasteiger partial charge on any atom is 0.227 e. The Morgan fingerprint density at radius 2 is 2.10 bits per heavy atom. The van der Waals surface area contributed by atoms with Crippen LogP contribution in [-0.2, 0) is 14.9 Å². The number of hydrogen-bond donors (Lipinski definition) is 2. The normalized spacial score (nSPS) is 18.4. The van der Waals surface area contributed by atoms with Crippen LogP contribution in [0.2, 0.25) is 0 Å². The van der Waals surface area contributed by atoms with Crippen molar-refractivity contribution in [2.24, 2.45) is 5.73 Å². The van der Waals surface area contributed by atoms with E-state index in [1.807, 2.05) is 44.2 Å². The van der Waals surface area contributed by atoms with E-state index in [9.17, 15) is 4.79 Å². The van der Waals surface area contributed by atoms with Gasteiger partial charge in [-0.25, -0.2) is 0 Å². The van der Waals surface area contributed by atoms with Crippen LogP contribution in [0.5, 0.6) is 0 Å². The number of amides is 1. The molecule has 0 aromatic heterocycles. The smallest absolute Gasteiger partial charge is 0.227 e. The first kappa shape index (κ1) is 14.4. The minimum atomic E-state index is -0.643. The molecule has 0 fully saturated rings. The second-order valence-electron chi connectivity index (χ2n) is 5.65. The van der Waals surface area contributed by atoms with E-state index in [1.54, 1.807) is 6.26 Å². The summed E-state index contributed by atoms with van der Waals surface area (Å²) in [5, 5.41) is 3.35. The molecular weight excluding hydrogens is 252 g/mol. The molecule has 0 unspecified atom stereocenters. The Bertz CT molecular complexity index is 492. The first-order valence-corrected chi connectivity index (χ1v) is 6.95. The Balaban J connectivity index is 1.94. The Kier molecular flexibility index (Phi) is 4.32. The van der Waals surface area contributed by atoms with Crippen LogP contribution in [0.15, 0.2) is 36.6 Å². The average Bonchev–Trinajstić information content (AvgIpc) is 2.46. The van der Waals surface area contributed by atoms with Gasteiger partial charge >= 0.3 is 0 Å². The highest BCUT2D eigenvalue weighted by Gasteiger charge is 2.26. The van der Waals surface area contributed by atoms with E-state index in [1.165, 1.54) is 0 Å². The van der Waals surface area contributed by atoms with Crippen molar-refractivity contribution < 1.29 is 9.53 Å². The van der Waals surface area contributed by atoms with Gasteiger partial charge in [0.15, 0.2) is 0 Å². The van der Waals surface area contributed by atoms with E-state index in [0.717, 1.165) is 30.6 Å². The molecular formula is C16H22N2O2. The van der Waals surface area contributed by atoms with Crippen LogP contribution >= 0.6 is 0 Å². The van der Waals surface area contributed by atoms with Crippen molar-refractivity contribution in [1.82, 2.24) is 0 Å². The number of nitrogens with one attached hydrogen (secondary N) is 1. The van der Waals surface area contributed by atoms with E-state index in [2.05, 4.69) is 5.32 Å². The molecule has 4 nitrogen and oxygen atoms in total. The van der Waals surface area contributed by atoms with Gasteiger partial charge < -0.3 is 15.8 Å². The van der Waals surface area contributed by atoms with Crippen LogP contribution < -0.4 is 11.1 Å². The third kappa shape index (κ3) is 3.32. The minimum absolute atomic E-state index is 0.224. The third-order valence-corrected chi connectivity index (χ3v) is 3.78. The van der Waals surface area contributed by atoms with E-state index < -0.39 is 5.41 Å². The second-order valence-corrected chi connectivity index (χ2v) is 5.65. The van der Waals surface area contributed by atoms with Crippen molar-refractivity contribution in [3.63, 3.8) is 0 Å². The fourth-order valence-corrected chi connectivity index (χ4v) is 2.11. The first-order valence-electron chi connectivity index (χ1n) is 6.95. The second kappa shape index (κ2) is 5.99. The molecule has 0 aliphatic carbocycles. The number of nitrogens with two attached hydrogens (primary N) is 1. The highest BCUT2D eigenvalue weighted by Crippen LogP contribution is 2.24. The third-order valence-electron chi connectivity index (χ3n) is 3.78. The van der Waals surface area contributed by atoms with Crippen molar-refractivity contribution in [3.05, 3.63) is 42.2 Å². The monoisotopic (exact) mass is 274 g/mol. The molecule has 1 aromatic carbocycles. The summed E-state index contributed by atoms with van der Waals surface area (Å²) >= 11 is 0. The molecule has 1 aliphatic rings. The lowest BCUT2D eigenvalue weighted by molar-refractivity contribution is -0.122. The molecule has 0 radical (unpaired) electrons. The molecule has 0 spiro atoms. The Morgan fingerprint density at radius 1 is 1.40 bits per heavy atom. The van der Waals surface area contributed by atoms with Crippen LogP contribution in [0.4, 0.5) is 5.69 Å². The van der Waals surface area contributed by atoms with Gasteiger partial charge in [-0.05, 0) is 50.5 Å². The summed E-state index contributed by atoms with van der Waals surface area (Å²) in [6.45, 7) is 4.45. The number of hydrogen-bond acceptors (Lipinski definition) is 3. The quantitative estimate of drug-likeness (QED) is 0.867. The topological polar surface area (TPSA) is 64.4 Å². The molecule has 3 N–H and O–H groups in total. The number of allylic oxidation sites excluding steroid dienone is 1. The van der Waals surface area contributed by atoms with Crippen molar-refractivity contribution in [2.75, 3.05) is 11.9 Å². The molecule has 2 rings (SSSR count). The van der Waals surface area contributed by atoms with E-state index in [4.69, 9.17) is 10.5 Å². The van der Waals surface area contributed by atoms with Crippen LogP contribution in [0.3, 0.4) is 0 Å². The zero-order valence-corrected chi connectivity index (χ0v) is 12.1. The SMILES string of the molecule is CC(C)(C(N)=O)c1ccc(NC[C@@H]2CCC=CO2)cc1. The number of anilines is 1. The van der Waals surface area contributed by atoms with Gasteiger partial charge in [0.2, 0.25) is 5.91 Å². The highest BCUT2D eigenvalue weighted by molar-refractivity contribution is 5.85.